The molecule has 0 unspecified atom stereocenters. The van der Waals surface area contributed by atoms with Crippen LogP contribution in [-0.2, 0) is 0 Å². The molecule has 2 rings (SSSR count). The highest BCUT2D eigenvalue weighted by atomic mass is 79.9. The third-order valence-corrected chi connectivity index (χ3v) is 3.13. The Morgan fingerprint density at radius 1 is 1.20 bits per heavy atom. The summed E-state index contributed by atoms with van der Waals surface area (Å²) in [4.78, 5) is 3.80. The topological polar surface area (TPSA) is 6.48 Å². The Morgan fingerprint density at radius 2 is 1.93 bits per heavy atom. The average Bonchev–Trinajstić information content (AvgIpc) is 2.27. The van der Waals surface area contributed by atoms with Crippen LogP contribution in [0.1, 0.15) is 9.68 Å². The van der Waals surface area contributed by atoms with Gasteiger partial charge in [0, 0.05) is 40.5 Å². The lowest BCUT2D eigenvalue weighted by atomic mass is 10.2. The summed E-state index contributed by atoms with van der Waals surface area (Å²) in [6, 6.07) is 6.29. The van der Waals surface area contributed by atoms with Crippen LogP contribution in [0, 0.1) is 6.92 Å². The number of hydrogen-bond donors (Lipinski definition) is 0. The SMILES string of the molecule is [2H]C([2H])([2H])N1CCN(c2cc(C)cc(Br)c2)CC1. The highest BCUT2D eigenvalue weighted by Gasteiger charge is 2.14. The molecular formula is C12H17BrN2. The molecule has 1 saturated heterocycles. The van der Waals surface area contributed by atoms with Crippen LogP contribution in [0.5, 0.6) is 0 Å². The van der Waals surface area contributed by atoms with Crippen molar-refractivity contribution in [3.8, 4) is 0 Å². The second-order valence-corrected chi connectivity index (χ2v) is 4.88. The van der Waals surface area contributed by atoms with Gasteiger partial charge in [0.2, 0.25) is 0 Å². The van der Waals surface area contributed by atoms with E-state index in [-0.39, 0.29) is 0 Å². The molecule has 1 aliphatic heterocycles. The smallest absolute Gasteiger partial charge is 0.0394 e. The molecule has 1 heterocycles. The molecule has 1 aromatic rings. The summed E-state index contributed by atoms with van der Waals surface area (Å²) in [5, 5.41) is 0. The van der Waals surface area contributed by atoms with Gasteiger partial charge in [0.15, 0.2) is 0 Å². The number of rotatable bonds is 1. The van der Waals surface area contributed by atoms with E-state index in [1.54, 1.807) is 4.90 Å². The van der Waals surface area contributed by atoms with Gasteiger partial charge in [0.25, 0.3) is 0 Å². The molecular weight excluding hydrogens is 252 g/mol. The van der Waals surface area contributed by atoms with Gasteiger partial charge >= 0.3 is 0 Å². The molecule has 15 heavy (non-hydrogen) atoms. The van der Waals surface area contributed by atoms with E-state index >= 15 is 0 Å². The van der Waals surface area contributed by atoms with Crippen molar-refractivity contribution in [3.05, 3.63) is 28.2 Å². The lowest BCUT2D eigenvalue weighted by molar-refractivity contribution is 0.313. The second kappa shape index (κ2) is 4.54. The molecule has 0 aliphatic carbocycles. The second-order valence-electron chi connectivity index (χ2n) is 3.96. The maximum atomic E-state index is 7.40. The van der Waals surface area contributed by atoms with Crippen molar-refractivity contribution >= 4 is 21.6 Å². The molecule has 1 aliphatic rings. The first kappa shape index (κ1) is 7.69. The zero-order valence-electron chi connectivity index (χ0n) is 11.8. The normalized spacial score (nSPS) is 22.0. The van der Waals surface area contributed by atoms with Crippen molar-refractivity contribution in [3.63, 3.8) is 0 Å². The van der Waals surface area contributed by atoms with E-state index in [0.717, 1.165) is 23.2 Å². The van der Waals surface area contributed by atoms with Crippen molar-refractivity contribution < 1.29 is 4.11 Å². The number of anilines is 1. The number of benzene rings is 1. The summed E-state index contributed by atoms with van der Waals surface area (Å²) in [5.74, 6) is 0. The van der Waals surface area contributed by atoms with Gasteiger partial charge in [0.05, 0.1) is 0 Å². The predicted molar refractivity (Wildman–Crippen MR) is 68.6 cm³/mol. The number of aryl methyl sites for hydroxylation is 1. The van der Waals surface area contributed by atoms with Gasteiger partial charge in [0.1, 0.15) is 0 Å². The minimum absolute atomic E-state index is 0.585. The Bertz CT molecular complexity index is 406. The Balaban J connectivity index is 2.05. The first-order chi connectivity index (χ1) is 8.36. The molecule has 3 heteroatoms. The van der Waals surface area contributed by atoms with Crippen LogP contribution in [-0.4, -0.2) is 38.1 Å². The molecule has 1 aromatic carbocycles. The fraction of sp³-hybridized carbons (Fsp3) is 0.500. The molecule has 0 N–H and O–H groups in total. The third kappa shape index (κ3) is 2.73. The Labute approximate surface area is 104 Å². The van der Waals surface area contributed by atoms with Crippen LogP contribution in [0.15, 0.2) is 22.7 Å². The standard InChI is InChI=1S/C12H17BrN2/c1-10-7-11(13)9-12(8-10)15-5-3-14(2)4-6-15/h7-9H,3-6H2,1-2H3/i2D3. The van der Waals surface area contributed by atoms with Crippen molar-refractivity contribution in [2.45, 2.75) is 6.92 Å². The van der Waals surface area contributed by atoms with Gasteiger partial charge in [-0.1, -0.05) is 15.9 Å². The van der Waals surface area contributed by atoms with Crippen molar-refractivity contribution in [2.75, 3.05) is 38.1 Å². The Hall–Kier alpha value is -0.540. The molecule has 0 spiro atoms. The van der Waals surface area contributed by atoms with Crippen LogP contribution in [0.2, 0.25) is 0 Å². The van der Waals surface area contributed by atoms with Gasteiger partial charge < -0.3 is 9.80 Å². The van der Waals surface area contributed by atoms with E-state index < -0.39 is 6.98 Å². The maximum absolute atomic E-state index is 7.40. The molecule has 0 aromatic heterocycles. The first-order valence-electron chi connectivity index (χ1n) is 6.63. The van der Waals surface area contributed by atoms with Crippen LogP contribution in [0.3, 0.4) is 0 Å². The Morgan fingerprint density at radius 3 is 2.53 bits per heavy atom. The number of nitrogens with zero attached hydrogens (tertiary/aromatic N) is 2. The summed E-state index contributed by atoms with van der Waals surface area (Å²) < 4.78 is 23.3. The molecule has 0 saturated carbocycles. The van der Waals surface area contributed by atoms with Gasteiger partial charge in [-0.25, -0.2) is 0 Å². The van der Waals surface area contributed by atoms with E-state index in [1.165, 1.54) is 5.56 Å². The van der Waals surface area contributed by atoms with E-state index in [2.05, 4.69) is 46.0 Å². The molecule has 0 amide bonds. The van der Waals surface area contributed by atoms with Crippen molar-refractivity contribution in [1.29, 1.82) is 0 Å². The van der Waals surface area contributed by atoms with Gasteiger partial charge in [-0.15, -0.1) is 0 Å². The summed E-state index contributed by atoms with van der Waals surface area (Å²) in [7, 11) is 0. The number of likely N-dealkylation sites (N-methyl/N-ethyl adjacent to an activating group) is 1. The van der Waals surface area contributed by atoms with E-state index in [1.807, 2.05) is 0 Å². The lowest BCUT2D eigenvalue weighted by Crippen LogP contribution is -2.44. The molecule has 0 atom stereocenters. The highest BCUT2D eigenvalue weighted by Crippen LogP contribution is 2.23. The van der Waals surface area contributed by atoms with Gasteiger partial charge in [-0.2, -0.15) is 0 Å². The highest BCUT2D eigenvalue weighted by molar-refractivity contribution is 9.10. The first-order valence-corrected chi connectivity index (χ1v) is 5.93. The van der Waals surface area contributed by atoms with E-state index in [4.69, 9.17) is 4.11 Å². The zero-order valence-corrected chi connectivity index (χ0v) is 10.4. The third-order valence-electron chi connectivity index (χ3n) is 2.67. The summed E-state index contributed by atoms with van der Waals surface area (Å²) in [6.45, 7) is 2.79. The van der Waals surface area contributed by atoms with Crippen molar-refractivity contribution in [1.82, 2.24) is 4.90 Å². The van der Waals surface area contributed by atoms with Crippen LogP contribution in [0.4, 0.5) is 5.69 Å². The zero-order chi connectivity index (χ0) is 13.3. The fourth-order valence-corrected chi connectivity index (χ4v) is 2.46. The van der Waals surface area contributed by atoms with Gasteiger partial charge in [-0.05, 0) is 37.7 Å². The number of piperazine rings is 1. The summed E-state index contributed by atoms with van der Waals surface area (Å²) in [6.07, 6.45) is 0. The minimum atomic E-state index is -1.96. The molecule has 1 fully saturated rings. The number of hydrogen-bond acceptors (Lipinski definition) is 2. The average molecular weight is 272 g/mol. The largest absolute Gasteiger partial charge is 0.369 e. The van der Waals surface area contributed by atoms with E-state index in [0.29, 0.717) is 13.1 Å². The molecule has 2 nitrogen and oxygen atoms in total. The van der Waals surface area contributed by atoms with Gasteiger partial charge in [-0.3, -0.25) is 0 Å². The van der Waals surface area contributed by atoms with E-state index in [9.17, 15) is 0 Å². The molecule has 82 valence electrons. The number of halogens is 1. The van der Waals surface area contributed by atoms with Crippen LogP contribution >= 0.6 is 15.9 Å². The molecule has 0 radical (unpaired) electrons. The van der Waals surface area contributed by atoms with Crippen LogP contribution < -0.4 is 4.90 Å². The summed E-state index contributed by atoms with van der Waals surface area (Å²) in [5.41, 5.74) is 2.37. The maximum Gasteiger partial charge on any atom is 0.0394 e. The van der Waals surface area contributed by atoms with Crippen LogP contribution in [0.25, 0.3) is 0 Å². The quantitative estimate of drug-likeness (QED) is 0.775. The summed E-state index contributed by atoms with van der Waals surface area (Å²) >= 11 is 3.50. The monoisotopic (exact) mass is 271 g/mol. The Kier molecular flexibility index (Phi) is 2.33. The minimum Gasteiger partial charge on any atom is -0.369 e. The fourth-order valence-electron chi connectivity index (χ4n) is 1.86. The lowest BCUT2D eigenvalue weighted by Gasteiger charge is -2.34. The molecule has 0 bridgehead atoms. The predicted octanol–water partition coefficient (Wildman–Crippen LogP) is 2.51. The van der Waals surface area contributed by atoms with Crippen molar-refractivity contribution in [2.24, 2.45) is 0 Å².